The molecule has 1 atom stereocenters. The lowest BCUT2D eigenvalue weighted by Gasteiger charge is -2.37. The van der Waals surface area contributed by atoms with Crippen LogP contribution in [0.1, 0.15) is 32.4 Å². The molecule has 1 aromatic carbocycles. The lowest BCUT2D eigenvalue weighted by atomic mass is 10.1. The normalized spacial score (nSPS) is 14.9. The van der Waals surface area contributed by atoms with Gasteiger partial charge in [-0.3, -0.25) is 4.18 Å². The molecule has 1 rings (SSSR count). The highest BCUT2D eigenvalue weighted by Crippen LogP contribution is 2.37. The molecule has 0 heterocycles. The molecular weight excluding hydrogens is 340 g/mol. The summed E-state index contributed by atoms with van der Waals surface area (Å²) in [4.78, 5) is 0. The van der Waals surface area contributed by atoms with Gasteiger partial charge in [0.25, 0.3) is 10.1 Å². The van der Waals surface area contributed by atoms with Crippen LogP contribution in [0, 0.1) is 0 Å². The highest BCUT2D eigenvalue weighted by atomic mass is 35.5. The van der Waals surface area contributed by atoms with Crippen molar-refractivity contribution in [3.63, 3.8) is 0 Å². The van der Waals surface area contributed by atoms with Crippen molar-refractivity contribution >= 4 is 30.0 Å². The molecule has 22 heavy (non-hydrogen) atoms. The summed E-state index contributed by atoms with van der Waals surface area (Å²) in [6.07, 6.45) is 0.347. The zero-order valence-electron chi connectivity index (χ0n) is 14.0. The number of halogens is 1. The van der Waals surface area contributed by atoms with E-state index in [0.717, 1.165) is 6.26 Å². The van der Waals surface area contributed by atoms with Gasteiger partial charge in [0.1, 0.15) is 6.10 Å². The van der Waals surface area contributed by atoms with Crippen molar-refractivity contribution in [3.05, 3.63) is 34.9 Å². The zero-order chi connectivity index (χ0) is 17.2. The smallest absolute Gasteiger partial charge is 0.265 e. The Morgan fingerprint density at radius 1 is 1.27 bits per heavy atom. The predicted molar refractivity (Wildman–Crippen MR) is 93.3 cm³/mol. The van der Waals surface area contributed by atoms with Gasteiger partial charge < -0.3 is 4.43 Å². The molecule has 0 unspecified atom stereocenters. The largest absolute Gasteiger partial charge is 0.414 e. The second-order valence-electron chi connectivity index (χ2n) is 6.92. The molecule has 0 aliphatic heterocycles. The van der Waals surface area contributed by atoms with Gasteiger partial charge >= 0.3 is 0 Å². The number of benzene rings is 1. The molecule has 0 aliphatic carbocycles. The van der Waals surface area contributed by atoms with Gasteiger partial charge in [0, 0.05) is 5.02 Å². The first kappa shape index (κ1) is 19.6. The zero-order valence-corrected chi connectivity index (χ0v) is 16.6. The van der Waals surface area contributed by atoms with Crippen LogP contribution >= 0.6 is 11.6 Å². The topological polar surface area (TPSA) is 52.6 Å². The third-order valence-corrected chi connectivity index (χ3v) is 9.23. The van der Waals surface area contributed by atoms with E-state index in [1.165, 1.54) is 0 Å². The van der Waals surface area contributed by atoms with E-state index in [2.05, 4.69) is 33.9 Å². The Morgan fingerprint density at radius 3 is 2.32 bits per heavy atom. The van der Waals surface area contributed by atoms with E-state index in [9.17, 15) is 8.42 Å². The van der Waals surface area contributed by atoms with Crippen LogP contribution < -0.4 is 0 Å². The first-order valence-corrected chi connectivity index (χ1v) is 12.2. The van der Waals surface area contributed by atoms with E-state index in [-0.39, 0.29) is 11.6 Å². The molecule has 0 amide bonds. The molecule has 1 aromatic rings. The van der Waals surface area contributed by atoms with Gasteiger partial charge in [0.15, 0.2) is 8.32 Å². The van der Waals surface area contributed by atoms with Gasteiger partial charge in [-0.15, -0.1) is 0 Å². The van der Waals surface area contributed by atoms with Crippen molar-refractivity contribution in [3.8, 4) is 0 Å². The van der Waals surface area contributed by atoms with E-state index in [1.54, 1.807) is 24.3 Å². The van der Waals surface area contributed by atoms with Crippen LogP contribution in [-0.4, -0.2) is 29.6 Å². The first-order chi connectivity index (χ1) is 9.82. The Bertz CT molecular complexity index is 608. The van der Waals surface area contributed by atoms with Crippen molar-refractivity contribution in [2.75, 3.05) is 12.9 Å². The molecule has 4 nitrogen and oxygen atoms in total. The molecule has 0 saturated carbocycles. The van der Waals surface area contributed by atoms with Crippen molar-refractivity contribution < 1.29 is 17.0 Å². The Labute approximate surface area is 140 Å². The number of hydrogen-bond donors (Lipinski definition) is 0. The van der Waals surface area contributed by atoms with Crippen LogP contribution in [0.4, 0.5) is 0 Å². The molecule has 0 radical (unpaired) electrons. The van der Waals surface area contributed by atoms with E-state index in [4.69, 9.17) is 20.2 Å². The summed E-state index contributed by atoms with van der Waals surface area (Å²) < 4.78 is 34.3. The van der Waals surface area contributed by atoms with E-state index < -0.39 is 24.5 Å². The highest BCUT2D eigenvalue weighted by molar-refractivity contribution is 7.86. The maximum Gasteiger partial charge on any atom is 0.265 e. The Hall–Kier alpha value is -0.403. The van der Waals surface area contributed by atoms with E-state index >= 15 is 0 Å². The van der Waals surface area contributed by atoms with E-state index in [1.807, 2.05) is 0 Å². The van der Waals surface area contributed by atoms with Crippen LogP contribution in [0.25, 0.3) is 0 Å². The molecule has 0 aromatic heterocycles. The Kier molecular flexibility index (Phi) is 6.26. The maximum absolute atomic E-state index is 11.5. The molecule has 0 spiro atoms. The maximum atomic E-state index is 11.5. The average Bonchev–Trinajstić information content (AvgIpc) is 2.31. The molecule has 0 bridgehead atoms. The van der Waals surface area contributed by atoms with Crippen molar-refractivity contribution in [2.24, 2.45) is 0 Å². The summed E-state index contributed by atoms with van der Waals surface area (Å²) in [6.45, 7) is 10.8. The quantitative estimate of drug-likeness (QED) is 0.555. The monoisotopic (exact) mass is 364 g/mol. The Balaban J connectivity index is 2.98. The van der Waals surface area contributed by atoms with Gasteiger partial charge in [-0.1, -0.05) is 44.5 Å². The van der Waals surface area contributed by atoms with E-state index in [0.29, 0.717) is 10.6 Å². The summed E-state index contributed by atoms with van der Waals surface area (Å²) in [7, 11) is -5.59. The van der Waals surface area contributed by atoms with Crippen LogP contribution in [-0.2, 0) is 18.7 Å². The molecular formula is C15H25ClO4SSi. The molecule has 0 saturated heterocycles. The SMILES string of the molecule is CC(C)(C)[Si](C)(C)OC[C@@H](OS(C)(=O)=O)c1cccc(Cl)c1. The molecule has 126 valence electrons. The van der Waals surface area contributed by atoms with Crippen LogP contribution in [0.5, 0.6) is 0 Å². The minimum atomic E-state index is -3.60. The third kappa shape index (κ3) is 6.00. The molecule has 0 N–H and O–H groups in total. The fourth-order valence-corrected chi connectivity index (χ4v) is 3.39. The summed E-state index contributed by atoms with van der Waals surface area (Å²) in [5.74, 6) is 0. The summed E-state index contributed by atoms with van der Waals surface area (Å²) in [5, 5.41) is 0.573. The third-order valence-electron chi connectivity index (χ3n) is 3.91. The molecule has 7 heteroatoms. The molecule has 0 aliphatic rings. The number of hydrogen-bond acceptors (Lipinski definition) is 4. The lowest BCUT2D eigenvalue weighted by Crippen LogP contribution is -2.42. The molecule has 0 fully saturated rings. The van der Waals surface area contributed by atoms with Crippen molar-refractivity contribution in [2.45, 2.75) is 45.0 Å². The van der Waals surface area contributed by atoms with Crippen LogP contribution in [0.3, 0.4) is 0 Å². The van der Waals surface area contributed by atoms with Crippen LogP contribution in [0.15, 0.2) is 24.3 Å². The average molecular weight is 365 g/mol. The van der Waals surface area contributed by atoms with Gasteiger partial charge in [-0.2, -0.15) is 8.42 Å². The standard InChI is InChI=1S/C15H25ClO4SSi/c1-15(2,3)22(5,6)19-11-14(20-21(4,17)18)12-8-7-9-13(16)10-12/h7-10,14H,11H2,1-6H3/t14-/m1/s1. The second kappa shape index (κ2) is 7.01. The van der Waals surface area contributed by atoms with Gasteiger partial charge in [-0.05, 0) is 35.8 Å². The van der Waals surface area contributed by atoms with Gasteiger partial charge in [0.05, 0.1) is 12.9 Å². The summed E-state index contributed by atoms with van der Waals surface area (Å²) >= 11 is 5.99. The number of rotatable bonds is 6. The minimum absolute atomic E-state index is 0.0387. The summed E-state index contributed by atoms with van der Waals surface area (Å²) in [5.41, 5.74) is 0.691. The van der Waals surface area contributed by atoms with Crippen LogP contribution in [0.2, 0.25) is 23.2 Å². The van der Waals surface area contributed by atoms with Crippen molar-refractivity contribution in [1.29, 1.82) is 0 Å². The van der Waals surface area contributed by atoms with Gasteiger partial charge in [-0.25, -0.2) is 0 Å². The van der Waals surface area contributed by atoms with Crippen molar-refractivity contribution in [1.82, 2.24) is 0 Å². The first-order valence-electron chi connectivity index (χ1n) is 7.09. The second-order valence-corrected chi connectivity index (χ2v) is 13.8. The summed E-state index contributed by atoms with van der Waals surface area (Å²) in [6, 6.07) is 6.99. The minimum Gasteiger partial charge on any atom is -0.414 e. The Morgan fingerprint density at radius 2 is 1.86 bits per heavy atom. The fraction of sp³-hybridized carbons (Fsp3) is 0.600. The predicted octanol–water partition coefficient (Wildman–Crippen LogP) is 4.38. The fourth-order valence-electron chi connectivity index (χ4n) is 1.60. The van der Waals surface area contributed by atoms with Gasteiger partial charge in [0.2, 0.25) is 0 Å². The highest BCUT2D eigenvalue weighted by Gasteiger charge is 2.38. The lowest BCUT2D eigenvalue weighted by molar-refractivity contribution is 0.127.